The van der Waals surface area contributed by atoms with E-state index in [1.54, 1.807) is 25.5 Å². The number of aryl methyl sites for hydroxylation is 1. The molecule has 0 saturated heterocycles. The third kappa shape index (κ3) is 2.87. The summed E-state index contributed by atoms with van der Waals surface area (Å²) < 4.78 is 12.7. The molecule has 2 aromatic rings. The molecule has 1 aromatic heterocycles. The first-order chi connectivity index (χ1) is 9.99. The number of methoxy groups -OCH3 is 1. The number of rotatable bonds is 4. The minimum Gasteiger partial charge on any atom is -0.495 e. The van der Waals surface area contributed by atoms with Crippen molar-refractivity contribution < 1.29 is 14.3 Å². The fourth-order valence-corrected chi connectivity index (χ4v) is 2.42. The molecule has 0 unspecified atom stereocenters. The summed E-state index contributed by atoms with van der Waals surface area (Å²) in [5.74, 6) is 0.980. The molecule has 2 rings (SSSR count). The van der Waals surface area contributed by atoms with Gasteiger partial charge in [-0.3, -0.25) is 4.57 Å². The standard InChI is InChI=1S/C14H16BrN3O3/c1-4-21-14(19)12-13(16)18(8(2)17-12)9-5-6-10(15)11(7-9)20-3/h5-7H,4,16H2,1-3H3. The van der Waals surface area contributed by atoms with Crippen molar-refractivity contribution in [2.75, 3.05) is 19.5 Å². The van der Waals surface area contributed by atoms with Crippen molar-refractivity contribution in [2.24, 2.45) is 0 Å². The number of nitrogen functional groups attached to an aromatic ring is 1. The quantitative estimate of drug-likeness (QED) is 0.854. The highest BCUT2D eigenvalue weighted by Crippen LogP contribution is 2.29. The fraction of sp³-hybridized carbons (Fsp3) is 0.286. The molecular formula is C14H16BrN3O3. The lowest BCUT2D eigenvalue weighted by atomic mass is 10.3. The van der Waals surface area contributed by atoms with Gasteiger partial charge in [0.2, 0.25) is 0 Å². The molecule has 1 aromatic carbocycles. The molecular weight excluding hydrogens is 338 g/mol. The van der Waals surface area contributed by atoms with Crippen LogP contribution in [0.5, 0.6) is 5.75 Å². The number of aromatic nitrogens is 2. The summed E-state index contributed by atoms with van der Waals surface area (Å²) in [6.45, 7) is 3.78. The smallest absolute Gasteiger partial charge is 0.360 e. The molecule has 21 heavy (non-hydrogen) atoms. The average molecular weight is 354 g/mol. The second-order valence-corrected chi connectivity index (χ2v) is 5.12. The number of anilines is 1. The number of nitrogens with two attached hydrogens (primary N) is 1. The first-order valence-electron chi connectivity index (χ1n) is 6.35. The molecule has 7 heteroatoms. The van der Waals surface area contributed by atoms with E-state index in [1.807, 2.05) is 18.2 Å². The molecule has 2 N–H and O–H groups in total. The lowest BCUT2D eigenvalue weighted by Gasteiger charge is -2.10. The summed E-state index contributed by atoms with van der Waals surface area (Å²) in [5, 5.41) is 0. The van der Waals surface area contributed by atoms with E-state index in [-0.39, 0.29) is 18.1 Å². The van der Waals surface area contributed by atoms with Crippen molar-refractivity contribution in [1.29, 1.82) is 0 Å². The Bertz CT molecular complexity index is 682. The van der Waals surface area contributed by atoms with E-state index < -0.39 is 5.97 Å². The Morgan fingerprint density at radius 3 is 2.81 bits per heavy atom. The van der Waals surface area contributed by atoms with Gasteiger partial charge < -0.3 is 15.2 Å². The number of benzene rings is 1. The molecule has 0 atom stereocenters. The van der Waals surface area contributed by atoms with Gasteiger partial charge in [0.1, 0.15) is 17.4 Å². The third-order valence-corrected chi connectivity index (χ3v) is 3.60. The van der Waals surface area contributed by atoms with E-state index in [2.05, 4.69) is 20.9 Å². The zero-order chi connectivity index (χ0) is 15.6. The number of hydrogen-bond donors (Lipinski definition) is 1. The maximum atomic E-state index is 11.8. The summed E-state index contributed by atoms with van der Waals surface area (Å²) in [6.07, 6.45) is 0. The Kier molecular flexibility index (Phi) is 4.52. The second-order valence-electron chi connectivity index (χ2n) is 4.27. The molecule has 0 radical (unpaired) electrons. The van der Waals surface area contributed by atoms with Crippen molar-refractivity contribution in [1.82, 2.24) is 9.55 Å². The Morgan fingerprint density at radius 1 is 1.48 bits per heavy atom. The molecule has 0 aliphatic heterocycles. The first kappa shape index (κ1) is 15.4. The zero-order valence-electron chi connectivity index (χ0n) is 12.0. The van der Waals surface area contributed by atoms with Crippen molar-refractivity contribution in [3.63, 3.8) is 0 Å². The number of nitrogens with zero attached hydrogens (tertiary/aromatic N) is 2. The van der Waals surface area contributed by atoms with E-state index >= 15 is 0 Å². The van der Waals surface area contributed by atoms with Crippen LogP contribution < -0.4 is 10.5 Å². The van der Waals surface area contributed by atoms with Crippen LogP contribution in [-0.4, -0.2) is 29.2 Å². The van der Waals surface area contributed by atoms with Crippen LogP contribution in [0.2, 0.25) is 0 Å². The maximum Gasteiger partial charge on any atom is 0.360 e. The van der Waals surface area contributed by atoms with Crippen LogP contribution in [0.4, 0.5) is 5.82 Å². The highest BCUT2D eigenvalue weighted by atomic mass is 79.9. The maximum absolute atomic E-state index is 11.8. The third-order valence-electron chi connectivity index (χ3n) is 2.94. The Balaban J connectivity index is 2.52. The SMILES string of the molecule is CCOC(=O)c1nc(C)n(-c2ccc(Br)c(OC)c2)c1N. The van der Waals surface area contributed by atoms with Gasteiger partial charge in [-0.1, -0.05) is 0 Å². The van der Waals surface area contributed by atoms with Crippen LogP contribution in [-0.2, 0) is 4.74 Å². The zero-order valence-corrected chi connectivity index (χ0v) is 13.6. The normalized spacial score (nSPS) is 10.5. The summed E-state index contributed by atoms with van der Waals surface area (Å²) in [5.41, 5.74) is 6.92. The molecule has 0 aliphatic carbocycles. The van der Waals surface area contributed by atoms with Crippen LogP contribution in [0, 0.1) is 6.92 Å². The molecule has 6 nitrogen and oxygen atoms in total. The van der Waals surface area contributed by atoms with Gasteiger partial charge in [-0.05, 0) is 41.9 Å². The molecule has 112 valence electrons. The summed E-state index contributed by atoms with van der Waals surface area (Å²) >= 11 is 3.39. The number of carbonyl (C=O) groups is 1. The van der Waals surface area contributed by atoms with Crippen LogP contribution in [0.3, 0.4) is 0 Å². The number of halogens is 1. The van der Waals surface area contributed by atoms with E-state index in [9.17, 15) is 4.79 Å². The van der Waals surface area contributed by atoms with Crippen LogP contribution in [0.25, 0.3) is 5.69 Å². The topological polar surface area (TPSA) is 79.4 Å². The molecule has 0 amide bonds. The van der Waals surface area contributed by atoms with Crippen molar-refractivity contribution in [3.05, 3.63) is 34.2 Å². The predicted octanol–water partition coefficient (Wildman–Crippen LogP) is 2.71. The summed E-state index contributed by atoms with van der Waals surface area (Å²) in [4.78, 5) is 16.0. The number of carbonyl (C=O) groups excluding carboxylic acids is 1. The Morgan fingerprint density at radius 2 is 2.19 bits per heavy atom. The van der Waals surface area contributed by atoms with Gasteiger partial charge in [0.15, 0.2) is 5.69 Å². The lowest BCUT2D eigenvalue weighted by Crippen LogP contribution is -2.09. The van der Waals surface area contributed by atoms with Crippen LogP contribution >= 0.6 is 15.9 Å². The van der Waals surface area contributed by atoms with Gasteiger partial charge in [0, 0.05) is 6.07 Å². The molecule has 0 bridgehead atoms. The van der Waals surface area contributed by atoms with Gasteiger partial charge in [-0.25, -0.2) is 9.78 Å². The highest BCUT2D eigenvalue weighted by molar-refractivity contribution is 9.10. The van der Waals surface area contributed by atoms with Crippen molar-refractivity contribution in [2.45, 2.75) is 13.8 Å². The van der Waals surface area contributed by atoms with Crippen molar-refractivity contribution >= 4 is 27.7 Å². The lowest BCUT2D eigenvalue weighted by molar-refractivity contribution is 0.0521. The Labute approximate surface area is 131 Å². The largest absolute Gasteiger partial charge is 0.495 e. The van der Waals surface area contributed by atoms with Gasteiger partial charge in [0.05, 0.1) is 23.9 Å². The molecule has 0 fully saturated rings. The van der Waals surface area contributed by atoms with Crippen molar-refractivity contribution in [3.8, 4) is 11.4 Å². The molecule has 1 heterocycles. The molecule has 0 aliphatic rings. The molecule has 0 saturated carbocycles. The molecule has 0 spiro atoms. The van der Waals surface area contributed by atoms with Gasteiger partial charge in [-0.15, -0.1) is 0 Å². The van der Waals surface area contributed by atoms with Gasteiger partial charge >= 0.3 is 5.97 Å². The first-order valence-corrected chi connectivity index (χ1v) is 7.14. The number of hydrogen-bond acceptors (Lipinski definition) is 5. The van der Waals surface area contributed by atoms with Gasteiger partial charge in [0.25, 0.3) is 0 Å². The number of imidazole rings is 1. The Hall–Kier alpha value is -2.02. The van der Waals surface area contributed by atoms with E-state index in [0.717, 1.165) is 10.2 Å². The van der Waals surface area contributed by atoms with Crippen LogP contribution in [0.15, 0.2) is 22.7 Å². The van der Waals surface area contributed by atoms with Gasteiger partial charge in [-0.2, -0.15) is 0 Å². The fourth-order valence-electron chi connectivity index (χ4n) is 2.01. The second kappa shape index (κ2) is 6.17. The summed E-state index contributed by atoms with van der Waals surface area (Å²) in [7, 11) is 1.58. The van der Waals surface area contributed by atoms with E-state index in [1.165, 1.54) is 0 Å². The predicted molar refractivity (Wildman–Crippen MR) is 82.9 cm³/mol. The minimum atomic E-state index is -0.527. The number of esters is 1. The monoisotopic (exact) mass is 353 g/mol. The average Bonchev–Trinajstić information content (AvgIpc) is 2.75. The highest BCUT2D eigenvalue weighted by Gasteiger charge is 2.21. The van der Waals surface area contributed by atoms with Crippen LogP contribution in [0.1, 0.15) is 23.2 Å². The summed E-state index contributed by atoms with van der Waals surface area (Å²) in [6, 6.07) is 5.51. The minimum absolute atomic E-state index is 0.122. The van der Waals surface area contributed by atoms with E-state index in [0.29, 0.717) is 11.6 Å². The van der Waals surface area contributed by atoms with E-state index in [4.69, 9.17) is 15.2 Å². The number of ether oxygens (including phenoxy) is 2.